The highest BCUT2D eigenvalue weighted by Gasteiger charge is 2.23. The standard InChI is InChI=1S/C25H28N6O3/c1-17(32)27-22-13-18(4-5-23(22)30-9-11-34-12-10-30)21-14-24(31-8-6-20(33)16-31)29-25(28-21)19-3-2-7-26-15-19/h2-5,7,13-15,20,33H,6,8-12,16H2,1H3,(H,27,32)/t20-/m0/s1. The quantitative estimate of drug-likeness (QED) is 0.599. The van der Waals surface area contributed by atoms with Crippen molar-refractivity contribution in [3.05, 3.63) is 48.8 Å². The van der Waals surface area contributed by atoms with Crippen LogP contribution >= 0.6 is 0 Å². The molecule has 0 spiro atoms. The highest BCUT2D eigenvalue weighted by atomic mass is 16.5. The fraction of sp³-hybridized carbons (Fsp3) is 0.360. The summed E-state index contributed by atoms with van der Waals surface area (Å²) in [4.78, 5) is 30.1. The maximum atomic E-state index is 12.0. The summed E-state index contributed by atoms with van der Waals surface area (Å²) in [6.45, 7) is 5.64. The van der Waals surface area contributed by atoms with Gasteiger partial charge in [-0.3, -0.25) is 9.78 Å². The van der Waals surface area contributed by atoms with Crippen LogP contribution in [0.4, 0.5) is 17.2 Å². The van der Waals surface area contributed by atoms with Gasteiger partial charge in [0, 0.05) is 62.7 Å². The van der Waals surface area contributed by atoms with Crippen LogP contribution in [0.25, 0.3) is 22.6 Å². The van der Waals surface area contributed by atoms with Crippen LogP contribution in [0.3, 0.4) is 0 Å². The van der Waals surface area contributed by atoms with Crippen molar-refractivity contribution in [2.75, 3.05) is 54.5 Å². The van der Waals surface area contributed by atoms with Crippen molar-refractivity contribution in [1.29, 1.82) is 0 Å². The Kier molecular flexibility index (Phi) is 6.37. The van der Waals surface area contributed by atoms with Gasteiger partial charge < -0.3 is 25.0 Å². The third-order valence-electron chi connectivity index (χ3n) is 6.07. The number of pyridine rings is 1. The topological polar surface area (TPSA) is 104 Å². The SMILES string of the molecule is CC(=O)Nc1cc(-c2cc(N3CC[C@H](O)C3)nc(-c3cccnc3)n2)ccc1N1CCOCC1. The minimum Gasteiger partial charge on any atom is -0.391 e. The van der Waals surface area contributed by atoms with Crippen LogP contribution in [0.2, 0.25) is 0 Å². The molecule has 9 heteroatoms. The third-order valence-corrected chi connectivity index (χ3v) is 6.07. The fourth-order valence-corrected chi connectivity index (χ4v) is 4.38. The van der Waals surface area contributed by atoms with Crippen LogP contribution in [0.5, 0.6) is 0 Å². The van der Waals surface area contributed by atoms with Crippen LogP contribution < -0.4 is 15.1 Å². The van der Waals surface area contributed by atoms with Gasteiger partial charge in [0.05, 0.1) is 36.4 Å². The number of carbonyl (C=O) groups is 1. The molecule has 3 aromatic rings. The van der Waals surface area contributed by atoms with Crippen molar-refractivity contribution in [3.63, 3.8) is 0 Å². The number of hydrogen-bond acceptors (Lipinski definition) is 8. The van der Waals surface area contributed by atoms with Crippen LogP contribution in [0.15, 0.2) is 48.8 Å². The van der Waals surface area contributed by atoms with Gasteiger partial charge in [0.2, 0.25) is 5.91 Å². The lowest BCUT2D eigenvalue weighted by molar-refractivity contribution is -0.114. The second-order valence-electron chi connectivity index (χ2n) is 8.58. The van der Waals surface area contributed by atoms with Crippen molar-refractivity contribution in [2.24, 2.45) is 0 Å². The molecule has 1 amide bonds. The summed E-state index contributed by atoms with van der Waals surface area (Å²) in [6, 6.07) is 11.7. The normalized spacial score (nSPS) is 18.2. The van der Waals surface area contributed by atoms with E-state index in [1.54, 1.807) is 12.4 Å². The largest absolute Gasteiger partial charge is 0.391 e. The Bertz CT molecular complexity index is 1170. The second kappa shape index (κ2) is 9.74. The molecule has 0 unspecified atom stereocenters. The molecule has 2 N–H and O–H groups in total. The first-order valence-electron chi connectivity index (χ1n) is 11.5. The molecule has 0 radical (unpaired) electrons. The lowest BCUT2D eigenvalue weighted by Gasteiger charge is -2.30. The van der Waals surface area contributed by atoms with Crippen molar-refractivity contribution < 1.29 is 14.6 Å². The number of ether oxygens (including phenoxy) is 1. The number of anilines is 3. The minimum absolute atomic E-state index is 0.128. The van der Waals surface area contributed by atoms with E-state index in [1.165, 1.54) is 6.92 Å². The van der Waals surface area contributed by atoms with Crippen molar-refractivity contribution >= 4 is 23.1 Å². The van der Waals surface area contributed by atoms with Crippen LogP contribution in [-0.2, 0) is 9.53 Å². The van der Waals surface area contributed by atoms with Gasteiger partial charge in [-0.25, -0.2) is 9.97 Å². The smallest absolute Gasteiger partial charge is 0.221 e. The maximum Gasteiger partial charge on any atom is 0.221 e. The molecule has 1 aromatic carbocycles. The Balaban J connectivity index is 1.58. The number of benzene rings is 1. The van der Waals surface area contributed by atoms with E-state index in [2.05, 4.69) is 20.1 Å². The first-order chi connectivity index (χ1) is 16.6. The Morgan fingerprint density at radius 1 is 1.09 bits per heavy atom. The van der Waals surface area contributed by atoms with E-state index in [-0.39, 0.29) is 12.0 Å². The molecule has 176 valence electrons. The number of nitrogens with one attached hydrogen (secondary N) is 1. The van der Waals surface area contributed by atoms with Crippen molar-refractivity contribution in [2.45, 2.75) is 19.4 Å². The first kappa shape index (κ1) is 22.2. The van der Waals surface area contributed by atoms with Gasteiger partial charge in [0.1, 0.15) is 5.82 Å². The van der Waals surface area contributed by atoms with E-state index < -0.39 is 0 Å². The number of nitrogens with zero attached hydrogens (tertiary/aromatic N) is 5. The summed E-state index contributed by atoms with van der Waals surface area (Å²) in [5.41, 5.74) is 4.13. The summed E-state index contributed by atoms with van der Waals surface area (Å²) in [7, 11) is 0. The molecule has 2 aliphatic rings. The Labute approximate surface area is 198 Å². The zero-order valence-corrected chi connectivity index (χ0v) is 19.1. The average Bonchev–Trinajstić information content (AvgIpc) is 3.31. The van der Waals surface area contributed by atoms with Gasteiger partial charge in [0.25, 0.3) is 0 Å². The molecule has 34 heavy (non-hydrogen) atoms. The molecule has 5 rings (SSSR count). The zero-order chi connectivity index (χ0) is 23.5. The fourth-order valence-electron chi connectivity index (χ4n) is 4.38. The molecule has 0 bridgehead atoms. The summed E-state index contributed by atoms with van der Waals surface area (Å²) < 4.78 is 5.49. The van der Waals surface area contributed by atoms with E-state index in [0.717, 1.165) is 53.6 Å². The Morgan fingerprint density at radius 2 is 1.94 bits per heavy atom. The molecule has 2 aromatic heterocycles. The molecule has 0 aliphatic carbocycles. The number of rotatable bonds is 5. The first-order valence-corrected chi connectivity index (χ1v) is 11.5. The van der Waals surface area contributed by atoms with Gasteiger partial charge in [-0.15, -0.1) is 0 Å². The Morgan fingerprint density at radius 3 is 2.65 bits per heavy atom. The van der Waals surface area contributed by atoms with E-state index in [0.29, 0.717) is 32.0 Å². The zero-order valence-electron chi connectivity index (χ0n) is 19.1. The number of hydrogen-bond donors (Lipinski definition) is 2. The highest BCUT2D eigenvalue weighted by Crippen LogP contribution is 2.34. The number of aromatic nitrogens is 3. The van der Waals surface area contributed by atoms with Gasteiger partial charge >= 0.3 is 0 Å². The molecule has 1 atom stereocenters. The summed E-state index contributed by atoms with van der Waals surface area (Å²) in [6.07, 6.45) is 3.81. The predicted molar refractivity (Wildman–Crippen MR) is 131 cm³/mol. The highest BCUT2D eigenvalue weighted by molar-refractivity contribution is 5.94. The number of morpholine rings is 1. The molecule has 0 saturated carbocycles. The number of aliphatic hydroxyl groups excluding tert-OH is 1. The van der Waals surface area contributed by atoms with Gasteiger partial charge in [-0.1, -0.05) is 6.07 Å². The Hall–Kier alpha value is -3.56. The van der Waals surface area contributed by atoms with Crippen molar-refractivity contribution in [3.8, 4) is 22.6 Å². The maximum absolute atomic E-state index is 12.0. The molecule has 4 heterocycles. The van der Waals surface area contributed by atoms with Crippen LogP contribution in [0.1, 0.15) is 13.3 Å². The molecule has 2 aliphatic heterocycles. The van der Waals surface area contributed by atoms with E-state index in [9.17, 15) is 9.90 Å². The third kappa shape index (κ3) is 4.85. The lowest BCUT2D eigenvalue weighted by Crippen LogP contribution is -2.36. The summed E-state index contributed by atoms with van der Waals surface area (Å²) >= 11 is 0. The average molecular weight is 461 g/mol. The molecule has 2 fully saturated rings. The second-order valence-corrected chi connectivity index (χ2v) is 8.58. The van der Waals surface area contributed by atoms with Gasteiger partial charge in [0.15, 0.2) is 5.82 Å². The molecular weight excluding hydrogens is 432 g/mol. The van der Waals surface area contributed by atoms with Crippen LogP contribution in [-0.4, -0.2) is 71.5 Å². The van der Waals surface area contributed by atoms with E-state index in [4.69, 9.17) is 14.7 Å². The predicted octanol–water partition coefficient (Wildman–Crippen LogP) is 2.57. The summed E-state index contributed by atoms with van der Waals surface area (Å²) in [5.74, 6) is 1.20. The molecule has 9 nitrogen and oxygen atoms in total. The van der Waals surface area contributed by atoms with E-state index >= 15 is 0 Å². The number of carbonyl (C=O) groups excluding carboxylic acids is 1. The van der Waals surface area contributed by atoms with Gasteiger partial charge in [-0.05, 0) is 30.7 Å². The van der Waals surface area contributed by atoms with Crippen LogP contribution in [0, 0.1) is 0 Å². The monoisotopic (exact) mass is 460 g/mol. The minimum atomic E-state index is -0.362. The number of amides is 1. The number of β-amino-alcohol motifs (C(OH)–C–C–N with tert-alkyl or cyclic N) is 1. The number of aliphatic hydroxyl groups is 1. The molecular formula is C25H28N6O3. The lowest BCUT2D eigenvalue weighted by atomic mass is 10.1. The van der Waals surface area contributed by atoms with Crippen molar-refractivity contribution in [1.82, 2.24) is 15.0 Å². The van der Waals surface area contributed by atoms with Gasteiger partial charge in [-0.2, -0.15) is 0 Å². The summed E-state index contributed by atoms with van der Waals surface area (Å²) in [5, 5.41) is 13.0. The molecule has 2 saturated heterocycles. The van der Waals surface area contributed by atoms with E-state index in [1.807, 2.05) is 36.4 Å².